The van der Waals surface area contributed by atoms with Crippen molar-refractivity contribution in [2.75, 3.05) is 20.3 Å². The van der Waals surface area contributed by atoms with E-state index in [0.29, 0.717) is 0 Å². The molecular formula is C22H40F3N5O5S. The molecule has 0 saturated heterocycles. The predicted molar refractivity (Wildman–Crippen MR) is 135 cm³/mol. The van der Waals surface area contributed by atoms with Gasteiger partial charge in [-0.1, -0.05) is 41.5 Å². The minimum absolute atomic E-state index is 0. The van der Waals surface area contributed by atoms with Crippen LogP contribution in [0.3, 0.4) is 0 Å². The summed E-state index contributed by atoms with van der Waals surface area (Å²) in [5.41, 5.74) is 5.88. The molecule has 210 valence electrons. The van der Waals surface area contributed by atoms with Gasteiger partial charge in [0.2, 0.25) is 5.90 Å². The molecule has 2 amide bonds. The molecular weight excluding hydrogens is 503 g/mol. The summed E-state index contributed by atoms with van der Waals surface area (Å²) in [4.78, 5) is 16.1. The van der Waals surface area contributed by atoms with Crippen molar-refractivity contribution in [1.82, 2.24) is 15.4 Å². The molecule has 0 fully saturated rings. The highest BCUT2D eigenvalue weighted by molar-refractivity contribution is 7.94. The first-order chi connectivity index (χ1) is 16.7. The monoisotopic (exact) mass is 543 g/mol. The van der Waals surface area contributed by atoms with Crippen LogP contribution in [-0.2, 0) is 19.5 Å². The lowest BCUT2D eigenvalue weighted by Crippen LogP contribution is -2.48. The molecule has 0 aromatic heterocycles. The summed E-state index contributed by atoms with van der Waals surface area (Å²) >= 11 is 0. The SMILES string of the molecule is CC.CO[C@H]1CN=C(/C(=C\N)S(=O)(=O)NC(=O)NC2=C(C(C)C)NC(C(F)(F)F)C=C2C(C)C)OC1.[HH].[HH]. The zero-order valence-electron chi connectivity index (χ0n) is 21.5. The van der Waals surface area contributed by atoms with Gasteiger partial charge in [0, 0.05) is 21.9 Å². The molecule has 2 rings (SSSR count). The molecule has 2 atom stereocenters. The lowest BCUT2D eigenvalue weighted by molar-refractivity contribution is -0.143. The van der Waals surface area contributed by atoms with E-state index in [0.717, 1.165) is 12.3 Å². The summed E-state index contributed by atoms with van der Waals surface area (Å²) in [5, 5.41) is 4.79. The van der Waals surface area contributed by atoms with Gasteiger partial charge in [0.25, 0.3) is 10.0 Å². The summed E-state index contributed by atoms with van der Waals surface area (Å²) in [5.74, 6) is -1.11. The van der Waals surface area contributed by atoms with Crippen molar-refractivity contribution in [3.63, 3.8) is 0 Å². The number of allylic oxidation sites excluding steroid dienone is 2. The molecule has 0 aliphatic carbocycles. The highest BCUT2D eigenvalue weighted by atomic mass is 32.2. The van der Waals surface area contributed by atoms with Crippen LogP contribution in [0.25, 0.3) is 0 Å². The van der Waals surface area contributed by atoms with Crippen LogP contribution in [0.1, 0.15) is 44.4 Å². The minimum atomic E-state index is -4.55. The van der Waals surface area contributed by atoms with Gasteiger partial charge < -0.3 is 25.8 Å². The smallest absolute Gasteiger partial charge is 0.412 e. The number of ether oxygens (including phenoxy) is 2. The van der Waals surface area contributed by atoms with Crippen LogP contribution in [0.5, 0.6) is 0 Å². The summed E-state index contributed by atoms with van der Waals surface area (Å²) in [7, 11) is -3.07. The summed E-state index contributed by atoms with van der Waals surface area (Å²) in [6.45, 7) is 10.8. The third-order valence-corrected chi connectivity index (χ3v) is 6.41. The molecule has 0 bridgehead atoms. The Morgan fingerprint density at radius 2 is 1.92 bits per heavy atom. The number of carbonyl (C=O) groups is 1. The molecule has 5 N–H and O–H groups in total. The van der Waals surface area contributed by atoms with Crippen molar-refractivity contribution < 1.29 is 38.7 Å². The molecule has 2 heterocycles. The minimum Gasteiger partial charge on any atom is -0.474 e. The number of sulfonamides is 1. The Morgan fingerprint density at radius 3 is 2.33 bits per heavy atom. The number of halogens is 3. The number of alkyl halides is 3. The number of urea groups is 1. The fourth-order valence-electron chi connectivity index (χ4n) is 3.29. The fraction of sp³-hybridized carbons (Fsp3) is 0.636. The largest absolute Gasteiger partial charge is 0.474 e. The molecule has 2 aliphatic rings. The number of nitrogens with zero attached hydrogens (tertiary/aromatic N) is 1. The van der Waals surface area contributed by atoms with Gasteiger partial charge in [-0.25, -0.2) is 22.9 Å². The van der Waals surface area contributed by atoms with E-state index in [1.54, 1.807) is 27.7 Å². The van der Waals surface area contributed by atoms with Gasteiger partial charge in [-0.15, -0.1) is 0 Å². The van der Waals surface area contributed by atoms with E-state index in [2.05, 4.69) is 15.6 Å². The Kier molecular flexibility index (Phi) is 11.3. The van der Waals surface area contributed by atoms with Crippen molar-refractivity contribution in [1.29, 1.82) is 0 Å². The van der Waals surface area contributed by atoms with E-state index in [1.165, 1.54) is 7.11 Å². The third kappa shape index (κ3) is 7.88. The number of dihydropyridines is 1. The maximum Gasteiger partial charge on any atom is 0.412 e. The normalized spacial score (nSPS) is 21.1. The van der Waals surface area contributed by atoms with Crippen LogP contribution in [-0.4, -0.2) is 58.9 Å². The number of carbonyl (C=O) groups excluding carboxylic acids is 1. The van der Waals surface area contributed by atoms with Gasteiger partial charge in [-0.05, 0) is 23.5 Å². The number of methoxy groups -OCH3 is 1. The second kappa shape index (κ2) is 13.0. The van der Waals surface area contributed by atoms with Crippen LogP contribution in [0.15, 0.2) is 39.1 Å². The van der Waals surface area contributed by atoms with Gasteiger partial charge in [0.05, 0.1) is 12.2 Å². The number of rotatable bonds is 7. The van der Waals surface area contributed by atoms with Crippen molar-refractivity contribution >= 4 is 22.0 Å². The topological polar surface area (TPSA) is 144 Å². The van der Waals surface area contributed by atoms with Crippen LogP contribution in [0, 0.1) is 11.8 Å². The number of amides is 2. The van der Waals surface area contributed by atoms with Crippen LogP contribution >= 0.6 is 0 Å². The lowest BCUT2D eigenvalue weighted by Gasteiger charge is -2.33. The fourth-order valence-corrected chi connectivity index (χ4v) is 4.23. The molecule has 0 saturated carbocycles. The molecule has 10 nitrogen and oxygen atoms in total. The van der Waals surface area contributed by atoms with E-state index in [-0.39, 0.29) is 45.0 Å². The number of nitrogens with two attached hydrogens (primary N) is 1. The Labute approximate surface area is 213 Å². The van der Waals surface area contributed by atoms with Gasteiger partial charge in [-0.3, -0.25) is 0 Å². The summed E-state index contributed by atoms with van der Waals surface area (Å²) in [6.07, 6.45) is -3.21. The number of hydrogen-bond donors (Lipinski definition) is 4. The molecule has 0 aromatic carbocycles. The van der Waals surface area contributed by atoms with Gasteiger partial charge in [0.15, 0.2) is 4.91 Å². The summed E-state index contributed by atoms with van der Waals surface area (Å²) in [6, 6.07) is -3.12. The second-order valence-corrected chi connectivity index (χ2v) is 9.94. The number of aliphatic imine (C=N–C) groups is 1. The van der Waals surface area contributed by atoms with E-state index in [9.17, 15) is 26.4 Å². The molecule has 0 aromatic rings. The van der Waals surface area contributed by atoms with Crippen molar-refractivity contribution in [3.8, 4) is 0 Å². The van der Waals surface area contributed by atoms with Crippen molar-refractivity contribution in [3.05, 3.63) is 34.1 Å². The molecule has 2 aliphatic heterocycles. The maximum absolute atomic E-state index is 13.4. The Morgan fingerprint density at radius 1 is 1.31 bits per heavy atom. The molecule has 0 spiro atoms. The quantitative estimate of drug-likeness (QED) is 0.385. The highest BCUT2D eigenvalue weighted by Gasteiger charge is 2.42. The molecule has 0 radical (unpaired) electrons. The van der Waals surface area contributed by atoms with Crippen molar-refractivity contribution in [2.45, 2.75) is 59.9 Å². The zero-order chi connectivity index (χ0) is 27.8. The Hall–Kier alpha value is -2.74. The van der Waals surface area contributed by atoms with Crippen LogP contribution < -0.4 is 21.1 Å². The van der Waals surface area contributed by atoms with Gasteiger partial charge >= 0.3 is 12.2 Å². The first-order valence-corrected chi connectivity index (χ1v) is 12.9. The van der Waals surface area contributed by atoms with Crippen LogP contribution in [0.4, 0.5) is 18.0 Å². The third-order valence-electron chi connectivity index (χ3n) is 5.06. The number of nitrogens with one attached hydrogen (secondary N) is 3. The average molecular weight is 544 g/mol. The van der Waals surface area contributed by atoms with E-state index in [4.69, 9.17) is 15.2 Å². The first kappa shape index (κ1) is 31.3. The maximum atomic E-state index is 13.4. The predicted octanol–water partition coefficient (Wildman–Crippen LogP) is 3.36. The molecule has 1 unspecified atom stereocenters. The van der Waals surface area contributed by atoms with E-state index in [1.807, 2.05) is 18.6 Å². The van der Waals surface area contributed by atoms with Crippen molar-refractivity contribution in [2.24, 2.45) is 22.6 Å². The lowest BCUT2D eigenvalue weighted by atomic mass is 9.90. The first-order valence-electron chi connectivity index (χ1n) is 11.5. The van der Waals surface area contributed by atoms with E-state index < -0.39 is 45.0 Å². The Balaban J connectivity index is 0. The highest BCUT2D eigenvalue weighted by Crippen LogP contribution is 2.33. The molecule has 14 heteroatoms. The Bertz CT molecular complexity index is 1030. The zero-order valence-corrected chi connectivity index (χ0v) is 22.3. The standard InChI is InChI=1S/C20H30F3N5O5S.C2H6.2H2/c1-10(2)13-6-15(20(21,22)23)26-16(11(3)4)17(13)27-19(29)28-34(30,31)14(7-24)18-25-8-12(32-5)9-33-18;1-2;;/h6-7,10-12,15,26H,8-9,24H2,1-5H3,(H2,27,28,29);1-2H3;2*1H/b14-7+;;;/t12-,15?;;;/m0.../s1. The number of hydrogen-bond acceptors (Lipinski definition) is 8. The van der Waals surface area contributed by atoms with Gasteiger partial charge in [-0.2, -0.15) is 13.2 Å². The van der Waals surface area contributed by atoms with Gasteiger partial charge in [0.1, 0.15) is 18.8 Å². The van der Waals surface area contributed by atoms with E-state index >= 15 is 0 Å². The second-order valence-electron chi connectivity index (χ2n) is 8.29. The summed E-state index contributed by atoms with van der Waals surface area (Å²) < 4.78 is 78.0. The van der Waals surface area contributed by atoms with Crippen LogP contribution in [0.2, 0.25) is 0 Å². The molecule has 36 heavy (non-hydrogen) atoms. The average Bonchev–Trinajstić information content (AvgIpc) is 2.79.